The van der Waals surface area contributed by atoms with Crippen LogP contribution in [0.2, 0.25) is 0 Å². The van der Waals surface area contributed by atoms with Crippen LogP contribution in [0, 0.1) is 0 Å². The maximum Gasteiger partial charge on any atom is 0.341 e. The second kappa shape index (κ2) is 6.24. The topological polar surface area (TPSA) is 76.4 Å². The highest BCUT2D eigenvalue weighted by Crippen LogP contribution is 2.08. The highest BCUT2D eigenvalue weighted by Gasteiger charge is 2.16. The van der Waals surface area contributed by atoms with Crippen LogP contribution >= 0.6 is 0 Å². The minimum absolute atomic E-state index is 0.0621. The fourth-order valence-corrected chi connectivity index (χ4v) is 1.34. The largest absolute Gasteiger partial charge is 0.462 e. The van der Waals surface area contributed by atoms with E-state index in [1.54, 1.807) is 18.7 Å². The summed E-state index contributed by atoms with van der Waals surface area (Å²) in [6.07, 6.45) is 1.49. The van der Waals surface area contributed by atoms with Crippen molar-refractivity contribution in [1.82, 2.24) is 15.1 Å². The smallest absolute Gasteiger partial charge is 0.341 e. The molecular weight excluding hydrogens is 210 g/mol. The molecule has 1 heterocycles. The predicted octanol–water partition coefficient (Wildman–Crippen LogP) is -0.321. The van der Waals surface area contributed by atoms with Crippen molar-refractivity contribution >= 4 is 5.97 Å². The van der Waals surface area contributed by atoms with Gasteiger partial charge in [-0.15, -0.1) is 0 Å². The van der Waals surface area contributed by atoms with Gasteiger partial charge in [0, 0.05) is 20.1 Å². The van der Waals surface area contributed by atoms with E-state index in [1.165, 1.54) is 6.20 Å². The van der Waals surface area contributed by atoms with Crippen molar-refractivity contribution < 1.29 is 14.6 Å². The molecule has 0 spiro atoms. The van der Waals surface area contributed by atoms with Crippen LogP contribution in [-0.2, 0) is 18.3 Å². The molecular formula is C10H17N3O3. The molecule has 0 bridgehead atoms. The van der Waals surface area contributed by atoms with Gasteiger partial charge in [0.1, 0.15) is 5.56 Å². The number of carbonyl (C=O) groups excluding carboxylic acids is 1. The molecule has 0 amide bonds. The van der Waals surface area contributed by atoms with Gasteiger partial charge in [-0.1, -0.05) is 0 Å². The predicted molar refractivity (Wildman–Crippen MR) is 58.0 cm³/mol. The van der Waals surface area contributed by atoms with Crippen LogP contribution < -0.4 is 5.32 Å². The molecule has 0 aromatic carbocycles. The lowest BCUT2D eigenvalue weighted by Crippen LogP contribution is -2.21. The maximum absolute atomic E-state index is 11.6. The van der Waals surface area contributed by atoms with Crippen LogP contribution in [0.1, 0.15) is 23.0 Å². The zero-order chi connectivity index (χ0) is 12.0. The number of hydrogen-bond acceptors (Lipinski definition) is 5. The number of nitrogens with one attached hydrogen (secondary N) is 1. The monoisotopic (exact) mass is 227 g/mol. The van der Waals surface area contributed by atoms with Crippen molar-refractivity contribution in [3.05, 3.63) is 17.5 Å². The standard InChI is InChI=1S/C10H17N3O3/c1-3-16-10(15)8-6-12-13(2)9(8)7-11-4-5-14/h6,11,14H,3-5,7H2,1-2H3. The Morgan fingerprint density at radius 1 is 1.69 bits per heavy atom. The molecule has 0 atom stereocenters. The summed E-state index contributed by atoms with van der Waals surface area (Å²) in [6, 6.07) is 0. The van der Waals surface area contributed by atoms with E-state index in [4.69, 9.17) is 9.84 Å². The Labute approximate surface area is 94.2 Å². The zero-order valence-electron chi connectivity index (χ0n) is 9.56. The number of aliphatic hydroxyl groups excluding tert-OH is 1. The summed E-state index contributed by atoms with van der Waals surface area (Å²) in [6.45, 7) is 3.13. The maximum atomic E-state index is 11.6. The van der Waals surface area contributed by atoms with E-state index in [0.717, 1.165) is 5.69 Å². The summed E-state index contributed by atoms with van der Waals surface area (Å²) in [4.78, 5) is 11.6. The van der Waals surface area contributed by atoms with Crippen molar-refractivity contribution in [2.45, 2.75) is 13.5 Å². The Bertz CT molecular complexity index is 349. The number of aryl methyl sites for hydroxylation is 1. The van der Waals surface area contributed by atoms with Gasteiger partial charge < -0.3 is 15.2 Å². The van der Waals surface area contributed by atoms with Gasteiger partial charge in [-0.3, -0.25) is 4.68 Å². The third-order valence-electron chi connectivity index (χ3n) is 2.14. The first-order chi connectivity index (χ1) is 7.70. The van der Waals surface area contributed by atoms with Crippen LogP contribution in [0.4, 0.5) is 0 Å². The molecule has 0 radical (unpaired) electrons. The van der Waals surface area contributed by atoms with Crippen molar-refractivity contribution in [3.8, 4) is 0 Å². The molecule has 1 aromatic heterocycles. The van der Waals surface area contributed by atoms with E-state index in [-0.39, 0.29) is 12.6 Å². The number of aliphatic hydroxyl groups is 1. The summed E-state index contributed by atoms with van der Waals surface area (Å²) in [5, 5.41) is 15.7. The first-order valence-electron chi connectivity index (χ1n) is 5.20. The molecule has 90 valence electrons. The Kier molecular flexibility index (Phi) is 4.94. The Balaban J connectivity index is 2.73. The second-order valence-electron chi connectivity index (χ2n) is 3.25. The van der Waals surface area contributed by atoms with Gasteiger partial charge in [0.25, 0.3) is 0 Å². The van der Waals surface area contributed by atoms with Gasteiger partial charge in [-0.05, 0) is 6.92 Å². The minimum Gasteiger partial charge on any atom is -0.462 e. The number of hydrogen-bond donors (Lipinski definition) is 2. The van der Waals surface area contributed by atoms with E-state index < -0.39 is 0 Å². The molecule has 2 N–H and O–H groups in total. The van der Waals surface area contributed by atoms with Crippen LogP contribution in [0.5, 0.6) is 0 Å². The van der Waals surface area contributed by atoms with E-state index in [9.17, 15) is 4.79 Å². The molecule has 1 rings (SSSR count). The molecule has 0 saturated carbocycles. The van der Waals surface area contributed by atoms with Gasteiger partial charge in [-0.25, -0.2) is 4.79 Å². The van der Waals surface area contributed by atoms with Crippen molar-refractivity contribution in [2.75, 3.05) is 19.8 Å². The van der Waals surface area contributed by atoms with Gasteiger partial charge in [-0.2, -0.15) is 5.10 Å². The van der Waals surface area contributed by atoms with Crippen molar-refractivity contribution in [1.29, 1.82) is 0 Å². The Morgan fingerprint density at radius 2 is 2.44 bits per heavy atom. The van der Waals surface area contributed by atoms with E-state index in [1.807, 2.05) is 0 Å². The van der Waals surface area contributed by atoms with Gasteiger partial charge >= 0.3 is 5.97 Å². The lowest BCUT2D eigenvalue weighted by Gasteiger charge is -2.06. The Morgan fingerprint density at radius 3 is 3.06 bits per heavy atom. The molecule has 0 saturated heterocycles. The zero-order valence-corrected chi connectivity index (χ0v) is 9.56. The number of nitrogens with zero attached hydrogens (tertiary/aromatic N) is 2. The lowest BCUT2D eigenvalue weighted by atomic mass is 10.2. The van der Waals surface area contributed by atoms with Crippen LogP contribution in [0.15, 0.2) is 6.20 Å². The summed E-state index contributed by atoms with van der Waals surface area (Å²) in [5.74, 6) is -0.364. The van der Waals surface area contributed by atoms with E-state index >= 15 is 0 Å². The number of esters is 1. The third-order valence-corrected chi connectivity index (χ3v) is 2.14. The molecule has 0 aliphatic carbocycles. The van der Waals surface area contributed by atoms with E-state index in [0.29, 0.717) is 25.3 Å². The normalized spacial score (nSPS) is 10.4. The second-order valence-corrected chi connectivity index (χ2v) is 3.25. The fourth-order valence-electron chi connectivity index (χ4n) is 1.34. The molecule has 6 nitrogen and oxygen atoms in total. The van der Waals surface area contributed by atoms with Crippen molar-refractivity contribution in [3.63, 3.8) is 0 Å². The van der Waals surface area contributed by atoms with Gasteiger partial charge in [0.15, 0.2) is 0 Å². The minimum atomic E-state index is -0.364. The fraction of sp³-hybridized carbons (Fsp3) is 0.600. The quantitative estimate of drug-likeness (QED) is 0.514. The van der Waals surface area contributed by atoms with Gasteiger partial charge in [0.05, 0.1) is 25.1 Å². The lowest BCUT2D eigenvalue weighted by molar-refractivity contribution is 0.0524. The molecule has 6 heteroatoms. The summed E-state index contributed by atoms with van der Waals surface area (Å²) < 4.78 is 6.54. The number of aromatic nitrogens is 2. The first kappa shape index (κ1) is 12.7. The molecule has 0 aliphatic rings. The number of carbonyl (C=O) groups is 1. The van der Waals surface area contributed by atoms with Crippen LogP contribution in [0.3, 0.4) is 0 Å². The van der Waals surface area contributed by atoms with Crippen LogP contribution in [0.25, 0.3) is 0 Å². The summed E-state index contributed by atoms with van der Waals surface area (Å²) in [5.41, 5.74) is 1.22. The first-order valence-corrected chi connectivity index (χ1v) is 5.20. The highest BCUT2D eigenvalue weighted by molar-refractivity contribution is 5.90. The highest BCUT2D eigenvalue weighted by atomic mass is 16.5. The molecule has 16 heavy (non-hydrogen) atoms. The van der Waals surface area contributed by atoms with Crippen molar-refractivity contribution in [2.24, 2.45) is 7.05 Å². The number of rotatable bonds is 6. The molecule has 0 aliphatic heterocycles. The average molecular weight is 227 g/mol. The number of ether oxygens (including phenoxy) is 1. The van der Waals surface area contributed by atoms with E-state index in [2.05, 4.69) is 10.4 Å². The SMILES string of the molecule is CCOC(=O)c1cnn(C)c1CNCCO. The Hall–Kier alpha value is -1.40. The van der Waals surface area contributed by atoms with Crippen LogP contribution in [-0.4, -0.2) is 40.6 Å². The molecule has 0 fully saturated rings. The summed E-state index contributed by atoms with van der Waals surface area (Å²) >= 11 is 0. The summed E-state index contributed by atoms with van der Waals surface area (Å²) in [7, 11) is 1.76. The van der Waals surface area contributed by atoms with Gasteiger partial charge in [0.2, 0.25) is 0 Å². The third kappa shape index (κ3) is 3.04. The molecule has 0 unspecified atom stereocenters. The molecule has 1 aromatic rings. The average Bonchev–Trinajstić information content (AvgIpc) is 2.61.